The van der Waals surface area contributed by atoms with Crippen molar-refractivity contribution in [3.05, 3.63) is 23.6 Å². The second-order valence-corrected chi connectivity index (χ2v) is 2.43. The Labute approximate surface area is 69.8 Å². The molecule has 1 aromatic rings. The van der Waals surface area contributed by atoms with Gasteiger partial charge in [-0.15, -0.1) is 0 Å². The van der Waals surface area contributed by atoms with Gasteiger partial charge in [0, 0.05) is 5.56 Å². The molecule has 0 aliphatic carbocycles. The number of aliphatic hydroxyl groups excluding tert-OH is 1. The predicted octanol–water partition coefficient (Wildman–Crippen LogP) is 1.28. The van der Waals surface area contributed by atoms with Gasteiger partial charge in [-0.25, -0.2) is 9.37 Å². The molecule has 0 saturated heterocycles. The van der Waals surface area contributed by atoms with Gasteiger partial charge in [-0.1, -0.05) is 0 Å². The molecule has 66 valence electrons. The van der Waals surface area contributed by atoms with E-state index in [-0.39, 0.29) is 5.88 Å². The molecule has 1 aromatic heterocycles. The van der Waals surface area contributed by atoms with Crippen molar-refractivity contribution in [1.29, 1.82) is 0 Å². The van der Waals surface area contributed by atoms with Crippen LogP contribution in [0.2, 0.25) is 0 Å². The normalized spacial score (nSPS) is 12.7. The minimum Gasteiger partial charge on any atom is -0.481 e. The largest absolute Gasteiger partial charge is 0.481 e. The molecule has 1 atom stereocenters. The van der Waals surface area contributed by atoms with Crippen molar-refractivity contribution in [1.82, 2.24) is 4.98 Å². The fourth-order valence-corrected chi connectivity index (χ4v) is 0.912. The van der Waals surface area contributed by atoms with E-state index in [2.05, 4.69) is 4.98 Å². The number of halogens is 1. The maximum absolute atomic E-state index is 12.6. The third-order valence-corrected chi connectivity index (χ3v) is 1.49. The van der Waals surface area contributed by atoms with E-state index < -0.39 is 11.9 Å². The van der Waals surface area contributed by atoms with Crippen molar-refractivity contribution in [3.8, 4) is 5.88 Å². The molecule has 0 saturated carbocycles. The Morgan fingerprint density at radius 1 is 1.67 bits per heavy atom. The molecule has 0 bridgehead atoms. The zero-order chi connectivity index (χ0) is 9.14. The lowest BCUT2D eigenvalue weighted by molar-refractivity contribution is 0.192. The van der Waals surface area contributed by atoms with E-state index in [0.29, 0.717) is 5.56 Å². The van der Waals surface area contributed by atoms with E-state index in [1.165, 1.54) is 20.1 Å². The zero-order valence-corrected chi connectivity index (χ0v) is 6.91. The summed E-state index contributed by atoms with van der Waals surface area (Å²) >= 11 is 0. The monoisotopic (exact) mass is 171 g/mol. The Bertz CT molecular complexity index is 276. The van der Waals surface area contributed by atoms with Crippen LogP contribution in [0.1, 0.15) is 18.6 Å². The average Bonchev–Trinajstić information content (AvgIpc) is 2.04. The van der Waals surface area contributed by atoms with Crippen molar-refractivity contribution in [2.45, 2.75) is 13.0 Å². The van der Waals surface area contributed by atoms with Crippen molar-refractivity contribution >= 4 is 0 Å². The molecule has 1 N–H and O–H groups in total. The minimum absolute atomic E-state index is 0.256. The Balaban J connectivity index is 3.12. The highest BCUT2D eigenvalue weighted by molar-refractivity contribution is 5.27. The smallest absolute Gasteiger partial charge is 0.219 e. The van der Waals surface area contributed by atoms with Crippen molar-refractivity contribution in [3.63, 3.8) is 0 Å². The maximum atomic E-state index is 12.6. The van der Waals surface area contributed by atoms with Gasteiger partial charge in [-0.3, -0.25) is 0 Å². The molecule has 0 radical (unpaired) electrons. The second-order valence-electron chi connectivity index (χ2n) is 2.43. The summed E-state index contributed by atoms with van der Waals surface area (Å²) in [6.07, 6.45) is 0.271. The first-order chi connectivity index (χ1) is 5.65. The summed E-state index contributed by atoms with van der Waals surface area (Å²) in [5, 5.41) is 9.17. The van der Waals surface area contributed by atoms with Crippen LogP contribution in [0, 0.1) is 5.82 Å². The summed E-state index contributed by atoms with van der Waals surface area (Å²) < 4.78 is 17.4. The molecule has 1 unspecified atom stereocenters. The van der Waals surface area contributed by atoms with Gasteiger partial charge in [0.05, 0.1) is 19.4 Å². The van der Waals surface area contributed by atoms with Crippen LogP contribution in [0.4, 0.5) is 4.39 Å². The van der Waals surface area contributed by atoms with Gasteiger partial charge < -0.3 is 9.84 Å². The van der Waals surface area contributed by atoms with E-state index in [9.17, 15) is 9.50 Å². The quantitative estimate of drug-likeness (QED) is 0.728. The SMILES string of the molecule is COc1ncc(F)cc1C(C)O. The highest BCUT2D eigenvalue weighted by Gasteiger charge is 2.10. The number of methoxy groups -OCH3 is 1. The lowest BCUT2D eigenvalue weighted by atomic mass is 10.2. The van der Waals surface area contributed by atoms with Crippen LogP contribution in [0.15, 0.2) is 12.3 Å². The van der Waals surface area contributed by atoms with Crippen LogP contribution in [-0.4, -0.2) is 17.2 Å². The summed E-state index contributed by atoms with van der Waals surface area (Å²) in [6.45, 7) is 1.53. The summed E-state index contributed by atoms with van der Waals surface area (Å²) in [6, 6.07) is 1.20. The molecule has 0 aliphatic heterocycles. The molecule has 0 spiro atoms. The van der Waals surface area contributed by atoms with Crippen molar-refractivity contribution in [2.24, 2.45) is 0 Å². The number of nitrogens with zero attached hydrogens (tertiary/aromatic N) is 1. The molecule has 0 aliphatic rings. The Morgan fingerprint density at radius 2 is 2.33 bits per heavy atom. The molecule has 0 fully saturated rings. The molecule has 0 amide bonds. The van der Waals surface area contributed by atoms with Gasteiger partial charge in [-0.05, 0) is 13.0 Å². The highest BCUT2D eigenvalue weighted by Crippen LogP contribution is 2.22. The van der Waals surface area contributed by atoms with Crippen LogP contribution < -0.4 is 4.74 Å². The molecular weight excluding hydrogens is 161 g/mol. The van der Waals surface area contributed by atoms with Crippen LogP contribution in [-0.2, 0) is 0 Å². The molecule has 12 heavy (non-hydrogen) atoms. The van der Waals surface area contributed by atoms with Gasteiger partial charge in [0.25, 0.3) is 0 Å². The van der Waals surface area contributed by atoms with E-state index in [1.54, 1.807) is 0 Å². The van der Waals surface area contributed by atoms with Crippen molar-refractivity contribution in [2.75, 3.05) is 7.11 Å². The van der Waals surface area contributed by atoms with Gasteiger partial charge in [0.1, 0.15) is 5.82 Å². The molecule has 4 heteroatoms. The number of hydrogen-bond donors (Lipinski definition) is 1. The van der Waals surface area contributed by atoms with Gasteiger partial charge in [0.2, 0.25) is 5.88 Å². The van der Waals surface area contributed by atoms with Gasteiger partial charge >= 0.3 is 0 Å². The first kappa shape index (κ1) is 8.93. The zero-order valence-electron chi connectivity index (χ0n) is 6.91. The first-order valence-electron chi connectivity index (χ1n) is 3.52. The average molecular weight is 171 g/mol. The van der Waals surface area contributed by atoms with E-state index in [1.807, 2.05) is 0 Å². The van der Waals surface area contributed by atoms with Crippen LogP contribution in [0.25, 0.3) is 0 Å². The Hall–Kier alpha value is -1.16. The predicted molar refractivity (Wildman–Crippen MR) is 41.4 cm³/mol. The second kappa shape index (κ2) is 3.49. The molecule has 3 nitrogen and oxygen atoms in total. The number of ether oxygens (including phenoxy) is 1. The third kappa shape index (κ3) is 1.71. The van der Waals surface area contributed by atoms with Gasteiger partial charge in [-0.2, -0.15) is 0 Å². The Morgan fingerprint density at radius 3 is 2.83 bits per heavy atom. The number of rotatable bonds is 2. The first-order valence-corrected chi connectivity index (χ1v) is 3.52. The fraction of sp³-hybridized carbons (Fsp3) is 0.375. The number of aromatic nitrogens is 1. The Kier molecular flexibility index (Phi) is 2.60. The molecular formula is C8H10FNO2. The standard InChI is InChI=1S/C8H10FNO2/c1-5(11)7-3-6(9)4-10-8(7)12-2/h3-5,11H,1-2H3. The summed E-state index contributed by atoms with van der Waals surface area (Å²) in [5.41, 5.74) is 0.359. The van der Waals surface area contributed by atoms with Crippen LogP contribution in [0.3, 0.4) is 0 Å². The molecule has 1 heterocycles. The maximum Gasteiger partial charge on any atom is 0.219 e. The van der Waals surface area contributed by atoms with Crippen LogP contribution >= 0.6 is 0 Å². The van der Waals surface area contributed by atoms with Gasteiger partial charge in [0.15, 0.2) is 0 Å². The van der Waals surface area contributed by atoms with Crippen molar-refractivity contribution < 1.29 is 14.2 Å². The summed E-state index contributed by atoms with van der Waals surface area (Å²) in [7, 11) is 1.42. The van der Waals surface area contributed by atoms with Crippen LogP contribution in [0.5, 0.6) is 5.88 Å². The topological polar surface area (TPSA) is 42.4 Å². The highest BCUT2D eigenvalue weighted by atomic mass is 19.1. The lowest BCUT2D eigenvalue weighted by Gasteiger charge is -2.08. The molecule has 0 aromatic carbocycles. The van der Waals surface area contributed by atoms with E-state index in [4.69, 9.17) is 4.74 Å². The van der Waals surface area contributed by atoms with E-state index in [0.717, 1.165) is 6.20 Å². The fourth-order valence-electron chi connectivity index (χ4n) is 0.912. The number of hydrogen-bond acceptors (Lipinski definition) is 3. The number of pyridine rings is 1. The summed E-state index contributed by atoms with van der Waals surface area (Å²) in [5.74, 6) is -0.224. The molecule has 1 rings (SSSR count). The van der Waals surface area contributed by atoms with E-state index >= 15 is 0 Å². The lowest BCUT2D eigenvalue weighted by Crippen LogP contribution is -1.99. The minimum atomic E-state index is -0.775. The summed E-state index contributed by atoms with van der Waals surface area (Å²) in [4.78, 5) is 3.66. The third-order valence-electron chi connectivity index (χ3n) is 1.49. The number of aliphatic hydroxyl groups is 1.